The highest BCUT2D eigenvalue weighted by molar-refractivity contribution is 8.15. The van der Waals surface area contributed by atoms with E-state index in [0.717, 1.165) is 36.7 Å². The third-order valence-corrected chi connectivity index (χ3v) is 6.96. The van der Waals surface area contributed by atoms with E-state index < -0.39 is 34.2 Å². The number of amides is 3. The van der Waals surface area contributed by atoms with Crippen LogP contribution >= 0.6 is 11.8 Å². The van der Waals surface area contributed by atoms with E-state index in [2.05, 4.69) is 16.0 Å². The molecule has 2 aliphatic rings. The maximum atomic E-state index is 14.6. The van der Waals surface area contributed by atoms with E-state index in [1.54, 1.807) is 30.3 Å². The summed E-state index contributed by atoms with van der Waals surface area (Å²) in [7, 11) is 1.28. The van der Waals surface area contributed by atoms with Gasteiger partial charge in [-0.1, -0.05) is 30.0 Å². The Morgan fingerprint density at radius 1 is 1.17 bits per heavy atom. The van der Waals surface area contributed by atoms with Crippen LogP contribution in [0.15, 0.2) is 42.5 Å². The van der Waals surface area contributed by atoms with Crippen LogP contribution in [0.3, 0.4) is 0 Å². The summed E-state index contributed by atoms with van der Waals surface area (Å²) in [4.78, 5) is 47.7. The molecule has 2 aromatic carbocycles. The molecule has 2 aromatic rings. The van der Waals surface area contributed by atoms with Gasteiger partial charge in [-0.25, -0.2) is 9.18 Å². The summed E-state index contributed by atoms with van der Waals surface area (Å²) in [6, 6.07) is 10.1. The molecule has 2 saturated heterocycles. The molecule has 0 radical (unpaired) electrons. The van der Waals surface area contributed by atoms with E-state index in [-0.39, 0.29) is 30.5 Å². The highest BCUT2D eigenvalue weighted by Gasteiger charge is 2.32. The van der Waals surface area contributed by atoms with Crippen LogP contribution in [-0.2, 0) is 32.0 Å². The summed E-state index contributed by atoms with van der Waals surface area (Å²) in [5, 5.41) is 6.97. The summed E-state index contributed by atoms with van der Waals surface area (Å²) >= 11 is 0.849. The second kappa shape index (κ2) is 11.5. The van der Waals surface area contributed by atoms with Crippen LogP contribution in [-0.4, -0.2) is 54.0 Å². The summed E-state index contributed by atoms with van der Waals surface area (Å²) < 4.78 is 25.2. The maximum absolute atomic E-state index is 14.6. The number of imide groups is 1. The Balaban J connectivity index is 1.36. The lowest BCUT2D eigenvalue weighted by Crippen LogP contribution is -2.49. The zero-order valence-electron chi connectivity index (χ0n) is 19.5. The minimum absolute atomic E-state index is 0.0950. The first-order valence-corrected chi connectivity index (χ1v) is 12.4. The summed E-state index contributed by atoms with van der Waals surface area (Å²) in [6.07, 6.45) is 1.97. The maximum Gasteiger partial charge on any atom is 0.328 e. The number of nitrogens with one attached hydrogen (secondary N) is 3. The zero-order chi connectivity index (χ0) is 25.7. The average molecular weight is 516 g/mol. The lowest BCUT2D eigenvalue weighted by atomic mass is 10.0. The number of hydrogen-bond donors (Lipinski definition) is 3. The molecule has 0 saturated carbocycles. The number of carbonyl (C=O) groups excluding carboxylic acids is 4. The molecule has 0 bridgehead atoms. The van der Waals surface area contributed by atoms with Gasteiger partial charge in [0.2, 0.25) is 11.8 Å². The fraction of sp³-hybridized carbons (Fsp3) is 0.360. The van der Waals surface area contributed by atoms with E-state index in [1.807, 2.05) is 0 Å². The molecule has 4 rings (SSSR count). The molecule has 2 aliphatic heterocycles. The predicted molar refractivity (Wildman–Crippen MR) is 130 cm³/mol. The van der Waals surface area contributed by atoms with Gasteiger partial charge in [0.05, 0.1) is 18.4 Å². The van der Waals surface area contributed by atoms with Gasteiger partial charge in [-0.05, 0) is 55.1 Å². The Kier molecular flexibility index (Phi) is 8.21. The minimum Gasteiger partial charge on any atom is -0.467 e. The zero-order valence-corrected chi connectivity index (χ0v) is 20.4. The van der Waals surface area contributed by atoms with Crippen LogP contribution in [0.4, 0.5) is 9.18 Å². The minimum atomic E-state index is -0.825. The number of thioether (sulfide) groups is 1. The Labute approximate surface area is 211 Å². The molecule has 36 heavy (non-hydrogen) atoms. The molecule has 0 spiro atoms. The van der Waals surface area contributed by atoms with Crippen LogP contribution in [0.5, 0.6) is 11.5 Å². The van der Waals surface area contributed by atoms with Crippen molar-refractivity contribution in [3.8, 4) is 11.5 Å². The Morgan fingerprint density at radius 2 is 1.92 bits per heavy atom. The summed E-state index contributed by atoms with van der Waals surface area (Å²) in [5.41, 5.74) is 1.09. The number of methoxy groups -OCH3 is 1. The molecule has 3 unspecified atom stereocenters. The second-order valence-electron chi connectivity index (χ2n) is 8.52. The van der Waals surface area contributed by atoms with E-state index in [9.17, 15) is 23.6 Å². The molecular weight excluding hydrogens is 489 g/mol. The smallest absolute Gasteiger partial charge is 0.328 e. The van der Waals surface area contributed by atoms with Crippen molar-refractivity contribution in [2.45, 2.75) is 43.0 Å². The third kappa shape index (κ3) is 6.41. The van der Waals surface area contributed by atoms with Crippen LogP contribution in [0, 0.1) is 5.82 Å². The van der Waals surface area contributed by atoms with Crippen molar-refractivity contribution in [1.82, 2.24) is 16.0 Å². The standard InChI is InChI=1S/C25H26FN3O6S/c1-34-24(32)20(28-22(30)19-3-2-10-27-19)11-14-4-7-16(8-5-14)35-17-9-6-15(18(26)13-17)12-21-23(31)29-25(33)36-21/h4-9,13,19-21,27H,2-3,10-12H2,1H3,(H,28,30)(H,29,31,33). The lowest BCUT2D eigenvalue weighted by Gasteiger charge is -2.19. The topological polar surface area (TPSA) is 123 Å². The van der Waals surface area contributed by atoms with Gasteiger partial charge in [-0.2, -0.15) is 0 Å². The fourth-order valence-corrected chi connectivity index (χ4v) is 4.91. The summed E-state index contributed by atoms with van der Waals surface area (Å²) in [5.74, 6) is -0.995. The van der Waals surface area contributed by atoms with E-state index in [0.29, 0.717) is 11.3 Å². The van der Waals surface area contributed by atoms with Gasteiger partial charge >= 0.3 is 5.97 Å². The molecule has 3 N–H and O–H groups in total. The van der Waals surface area contributed by atoms with Crippen molar-refractivity contribution in [3.05, 3.63) is 59.4 Å². The first-order valence-electron chi connectivity index (χ1n) is 11.5. The van der Waals surface area contributed by atoms with Gasteiger partial charge in [-0.3, -0.25) is 19.7 Å². The third-order valence-electron chi connectivity index (χ3n) is 5.97. The normalized spacial score (nSPS) is 20.1. The van der Waals surface area contributed by atoms with Crippen LogP contribution in [0.1, 0.15) is 24.0 Å². The molecule has 0 aliphatic carbocycles. The van der Waals surface area contributed by atoms with Crippen molar-refractivity contribution >= 4 is 34.8 Å². The van der Waals surface area contributed by atoms with Gasteiger partial charge in [-0.15, -0.1) is 0 Å². The van der Waals surface area contributed by atoms with Gasteiger partial charge in [0, 0.05) is 12.5 Å². The van der Waals surface area contributed by atoms with Crippen molar-refractivity contribution in [3.63, 3.8) is 0 Å². The molecule has 2 heterocycles. The van der Waals surface area contributed by atoms with E-state index in [1.165, 1.54) is 19.2 Å². The van der Waals surface area contributed by atoms with Gasteiger partial charge in [0.1, 0.15) is 23.4 Å². The predicted octanol–water partition coefficient (Wildman–Crippen LogP) is 2.46. The van der Waals surface area contributed by atoms with Crippen molar-refractivity contribution in [2.75, 3.05) is 13.7 Å². The van der Waals surface area contributed by atoms with Gasteiger partial charge < -0.3 is 20.1 Å². The highest BCUT2D eigenvalue weighted by Crippen LogP contribution is 2.28. The van der Waals surface area contributed by atoms with E-state index in [4.69, 9.17) is 9.47 Å². The van der Waals surface area contributed by atoms with Crippen LogP contribution in [0.2, 0.25) is 0 Å². The fourth-order valence-electron chi connectivity index (χ4n) is 4.07. The molecule has 0 aromatic heterocycles. The summed E-state index contributed by atoms with van der Waals surface area (Å²) in [6.45, 7) is 0.771. The molecule has 3 atom stereocenters. The number of benzene rings is 2. The number of esters is 1. The molecular formula is C25H26FN3O6S. The molecule has 3 amide bonds. The van der Waals surface area contributed by atoms with Crippen LogP contribution < -0.4 is 20.7 Å². The highest BCUT2D eigenvalue weighted by atomic mass is 32.2. The number of carbonyl (C=O) groups is 4. The Morgan fingerprint density at radius 3 is 2.53 bits per heavy atom. The number of rotatable bonds is 9. The van der Waals surface area contributed by atoms with Crippen molar-refractivity contribution in [1.29, 1.82) is 0 Å². The SMILES string of the molecule is COC(=O)C(Cc1ccc(Oc2ccc(CC3SC(=O)NC3=O)c(F)c2)cc1)NC(=O)C1CCCN1. The first kappa shape index (κ1) is 25.6. The lowest BCUT2D eigenvalue weighted by molar-refractivity contribution is -0.145. The van der Waals surface area contributed by atoms with Gasteiger partial charge in [0.15, 0.2) is 0 Å². The molecule has 2 fully saturated rings. The monoisotopic (exact) mass is 515 g/mol. The second-order valence-corrected chi connectivity index (χ2v) is 9.70. The van der Waals surface area contributed by atoms with Crippen LogP contribution in [0.25, 0.3) is 0 Å². The number of ether oxygens (including phenoxy) is 2. The number of halogens is 1. The Bertz CT molecular complexity index is 1150. The number of hydrogen-bond acceptors (Lipinski definition) is 8. The molecule has 11 heteroatoms. The van der Waals surface area contributed by atoms with Crippen molar-refractivity contribution < 1.29 is 33.0 Å². The van der Waals surface area contributed by atoms with E-state index >= 15 is 0 Å². The Hall–Kier alpha value is -3.44. The molecule has 9 nitrogen and oxygen atoms in total. The quantitative estimate of drug-likeness (QED) is 0.436. The first-order chi connectivity index (χ1) is 17.3. The van der Waals surface area contributed by atoms with Gasteiger partial charge in [0.25, 0.3) is 5.24 Å². The average Bonchev–Trinajstić information content (AvgIpc) is 3.50. The van der Waals surface area contributed by atoms with Crippen molar-refractivity contribution in [2.24, 2.45) is 0 Å². The molecule has 190 valence electrons. The largest absolute Gasteiger partial charge is 0.467 e.